The van der Waals surface area contributed by atoms with Crippen molar-refractivity contribution in [1.82, 2.24) is 14.5 Å². The SMILES string of the molecule is CCCn1nc(CC)c(C(=O)O)c1Cc1ccc(-c2ccccc2S(=O)(=O)NC(=O)c2ccccc2)cc1. The van der Waals surface area contributed by atoms with Gasteiger partial charge in [0.2, 0.25) is 0 Å². The summed E-state index contributed by atoms with van der Waals surface area (Å²) in [5.74, 6) is -1.70. The van der Waals surface area contributed by atoms with E-state index in [-0.39, 0.29) is 16.0 Å². The van der Waals surface area contributed by atoms with Gasteiger partial charge >= 0.3 is 5.97 Å². The van der Waals surface area contributed by atoms with Crippen molar-refractivity contribution in [1.29, 1.82) is 0 Å². The van der Waals surface area contributed by atoms with Gasteiger partial charge in [-0.3, -0.25) is 9.48 Å². The quantitative estimate of drug-likeness (QED) is 0.300. The predicted molar refractivity (Wildman–Crippen MR) is 145 cm³/mol. The molecule has 0 bridgehead atoms. The van der Waals surface area contributed by atoms with E-state index in [1.165, 1.54) is 6.07 Å². The standard InChI is InChI=1S/C29H29N3O5S/c1-3-18-32-25(27(29(34)35)24(4-2)30-32)19-20-14-16-21(17-15-20)23-12-8-9-13-26(23)38(36,37)31-28(33)22-10-6-5-7-11-22/h5-17H,3-4,18-19H2,1-2H3,(H,31,33)(H,34,35). The highest BCUT2D eigenvalue weighted by Crippen LogP contribution is 2.28. The molecule has 0 aliphatic heterocycles. The zero-order valence-corrected chi connectivity index (χ0v) is 22.0. The van der Waals surface area contributed by atoms with Crippen LogP contribution in [0.25, 0.3) is 11.1 Å². The maximum atomic E-state index is 13.2. The fourth-order valence-electron chi connectivity index (χ4n) is 4.38. The number of aromatic nitrogens is 2. The first-order valence-electron chi connectivity index (χ1n) is 12.4. The third-order valence-corrected chi connectivity index (χ3v) is 7.58. The molecule has 0 spiro atoms. The molecule has 0 aliphatic carbocycles. The van der Waals surface area contributed by atoms with Gasteiger partial charge in [0.05, 0.1) is 16.3 Å². The Bertz CT molecular complexity index is 1560. The third-order valence-electron chi connectivity index (χ3n) is 6.19. The van der Waals surface area contributed by atoms with E-state index in [1.807, 2.05) is 26.0 Å². The Kier molecular flexibility index (Phi) is 8.07. The van der Waals surface area contributed by atoms with E-state index < -0.39 is 21.9 Å². The highest BCUT2D eigenvalue weighted by molar-refractivity contribution is 7.90. The second kappa shape index (κ2) is 11.4. The highest BCUT2D eigenvalue weighted by atomic mass is 32.2. The topological polar surface area (TPSA) is 118 Å². The summed E-state index contributed by atoms with van der Waals surface area (Å²) in [6.07, 6.45) is 1.72. The summed E-state index contributed by atoms with van der Waals surface area (Å²) in [5, 5.41) is 14.4. The summed E-state index contributed by atoms with van der Waals surface area (Å²) < 4.78 is 30.2. The van der Waals surface area contributed by atoms with Gasteiger partial charge in [-0.2, -0.15) is 5.10 Å². The smallest absolute Gasteiger partial charge is 0.339 e. The van der Waals surface area contributed by atoms with Gasteiger partial charge in [0.15, 0.2) is 0 Å². The van der Waals surface area contributed by atoms with Crippen LogP contribution in [-0.4, -0.2) is 35.2 Å². The van der Waals surface area contributed by atoms with Crippen molar-refractivity contribution < 1.29 is 23.1 Å². The molecule has 2 N–H and O–H groups in total. The number of rotatable bonds is 10. The number of carbonyl (C=O) groups is 2. The summed E-state index contributed by atoms with van der Waals surface area (Å²) >= 11 is 0. The Morgan fingerprint density at radius 2 is 1.58 bits per heavy atom. The van der Waals surface area contributed by atoms with Gasteiger partial charge in [0.25, 0.3) is 15.9 Å². The van der Waals surface area contributed by atoms with Crippen molar-refractivity contribution in [3.05, 3.63) is 107 Å². The Morgan fingerprint density at radius 1 is 0.921 bits per heavy atom. The number of aryl methyl sites for hydroxylation is 2. The van der Waals surface area contributed by atoms with E-state index >= 15 is 0 Å². The molecule has 196 valence electrons. The van der Waals surface area contributed by atoms with Crippen LogP contribution >= 0.6 is 0 Å². The second-order valence-corrected chi connectivity index (χ2v) is 10.5. The van der Waals surface area contributed by atoms with Crippen LogP contribution in [0.15, 0.2) is 83.8 Å². The van der Waals surface area contributed by atoms with Gasteiger partial charge in [0.1, 0.15) is 5.56 Å². The van der Waals surface area contributed by atoms with Gasteiger partial charge in [-0.1, -0.05) is 74.5 Å². The third kappa shape index (κ3) is 5.68. The van der Waals surface area contributed by atoms with Gasteiger partial charge in [-0.25, -0.2) is 17.9 Å². The van der Waals surface area contributed by atoms with E-state index in [2.05, 4.69) is 9.82 Å². The minimum Gasteiger partial charge on any atom is -0.478 e. The molecular weight excluding hydrogens is 502 g/mol. The number of aromatic carboxylic acids is 1. The summed E-state index contributed by atoms with van der Waals surface area (Å²) in [6, 6.07) is 21.9. The lowest BCUT2D eigenvalue weighted by Gasteiger charge is -2.13. The molecule has 4 aromatic rings. The molecule has 0 unspecified atom stereocenters. The minimum atomic E-state index is -4.15. The molecule has 9 heteroatoms. The van der Waals surface area contributed by atoms with Crippen LogP contribution in [-0.2, 0) is 29.4 Å². The molecule has 0 atom stereocenters. The Hall–Kier alpha value is -4.24. The molecule has 3 aromatic carbocycles. The number of carboxylic acid groups (broad SMARTS) is 1. The fourth-order valence-corrected chi connectivity index (χ4v) is 5.59. The van der Waals surface area contributed by atoms with Crippen molar-refractivity contribution >= 4 is 21.9 Å². The van der Waals surface area contributed by atoms with Crippen LogP contribution in [0, 0.1) is 0 Å². The number of hydrogen-bond donors (Lipinski definition) is 2. The molecular formula is C29H29N3O5S. The number of amides is 1. The van der Waals surface area contributed by atoms with Crippen LogP contribution in [0.5, 0.6) is 0 Å². The Morgan fingerprint density at radius 3 is 2.21 bits per heavy atom. The number of nitrogens with one attached hydrogen (secondary N) is 1. The first-order chi connectivity index (χ1) is 18.2. The van der Waals surface area contributed by atoms with Crippen molar-refractivity contribution in [2.24, 2.45) is 0 Å². The van der Waals surface area contributed by atoms with Crippen LogP contribution < -0.4 is 4.72 Å². The van der Waals surface area contributed by atoms with Crippen molar-refractivity contribution in [2.75, 3.05) is 0 Å². The molecule has 8 nitrogen and oxygen atoms in total. The first-order valence-corrected chi connectivity index (χ1v) is 13.9. The summed E-state index contributed by atoms with van der Waals surface area (Å²) in [7, 11) is -4.15. The van der Waals surface area contributed by atoms with E-state index in [0.717, 1.165) is 12.0 Å². The summed E-state index contributed by atoms with van der Waals surface area (Å²) in [6.45, 7) is 4.52. The molecule has 0 aliphatic rings. The maximum Gasteiger partial charge on any atom is 0.339 e. The second-order valence-electron chi connectivity index (χ2n) is 8.82. The van der Waals surface area contributed by atoms with Crippen molar-refractivity contribution in [2.45, 2.75) is 44.6 Å². The minimum absolute atomic E-state index is 0.0150. The van der Waals surface area contributed by atoms with E-state index in [9.17, 15) is 23.1 Å². The number of sulfonamides is 1. The molecule has 38 heavy (non-hydrogen) atoms. The average molecular weight is 532 g/mol. The van der Waals surface area contributed by atoms with E-state index in [0.29, 0.717) is 41.9 Å². The van der Waals surface area contributed by atoms with E-state index in [1.54, 1.807) is 65.3 Å². The zero-order valence-electron chi connectivity index (χ0n) is 21.2. The molecule has 1 amide bonds. The number of benzene rings is 3. The van der Waals surface area contributed by atoms with Crippen LogP contribution in [0.1, 0.15) is 57.9 Å². The largest absolute Gasteiger partial charge is 0.478 e. The number of nitrogens with zero attached hydrogens (tertiary/aromatic N) is 2. The Labute approximate surface area is 222 Å². The summed E-state index contributed by atoms with van der Waals surface area (Å²) in [4.78, 5) is 24.5. The average Bonchev–Trinajstić information content (AvgIpc) is 3.26. The summed E-state index contributed by atoms with van der Waals surface area (Å²) in [5.41, 5.74) is 3.67. The number of carbonyl (C=O) groups excluding carboxylic acids is 1. The van der Waals surface area contributed by atoms with Crippen LogP contribution in [0.3, 0.4) is 0 Å². The van der Waals surface area contributed by atoms with Crippen molar-refractivity contribution in [3.63, 3.8) is 0 Å². The van der Waals surface area contributed by atoms with Crippen LogP contribution in [0.2, 0.25) is 0 Å². The lowest BCUT2D eigenvalue weighted by atomic mass is 10.00. The Balaban J connectivity index is 1.63. The van der Waals surface area contributed by atoms with Gasteiger partial charge in [0, 0.05) is 24.1 Å². The number of carboxylic acids is 1. The first kappa shape index (κ1) is 26.8. The van der Waals surface area contributed by atoms with Crippen molar-refractivity contribution in [3.8, 4) is 11.1 Å². The lowest BCUT2D eigenvalue weighted by Crippen LogP contribution is -2.30. The lowest BCUT2D eigenvalue weighted by molar-refractivity contribution is 0.0694. The monoisotopic (exact) mass is 531 g/mol. The zero-order chi connectivity index (χ0) is 27.3. The van der Waals surface area contributed by atoms with Gasteiger partial charge < -0.3 is 5.11 Å². The normalized spacial score (nSPS) is 11.3. The fraction of sp³-hybridized carbons (Fsp3) is 0.207. The van der Waals surface area contributed by atoms with Crippen LogP contribution in [0.4, 0.5) is 0 Å². The van der Waals surface area contributed by atoms with Gasteiger partial charge in [-0.15, -0.1) is 0 Å². The highest BCUT2D eigenvalue weighted by Gasteiger charge is 2.24. The molecule has 0 radical (unpaired) electrons. The molecule has 4 rings (SSSR count). The molecule has 1 aromatic heterocycles. The van der Waals surface area contributed by atoms with Gasteiger partial charge in [-0.05, 0) is 42.2 Å². The van der Waals surface area contributed by atoms with E-state index in [4.69, 9.17) is 0 Å². The predicted octanol–water partition coefficient (Wildman–Crippen LogP) is 4.93. The number of hydrogen-bond acceptors (Lipinski definition) is 5. The molecule has 0 fully saturated rings. The molecule has 0 saturated carbocycles. The molecule has 1 heterocycles. The maximum absolute atomic E-state index is 13.2. The molecule has 0 saturated heterocycles.